The average Bonchev–Trinajstić information content (AvgIpc) is 2.99. The number of ether oxygens (including phenoxy) is 1. The Morgan fingerprint density at radius 1 is 1.10 bits per heavy atom. The van der Waals surface area contributed by atoms with Gasteiger partial charge in [0.1, 0.15) is 17.1 Å². The third-order valence-corrected chi connectivity index (χ3v) is 5.61. The van der Waals surface area contributed by atoms with Gasteiger partial charge in [0, 0.05) is 32.4 Å². The van der Waals surface area contributed by atoms with Crippen molar-refractivity contribution in [3.8, 4) is 5.75 Å². The topological polar surface area (TPSA) is 78.0 Å². The van der Waals surface area contributed by atoms with Crippen LogP contribution in [0, 0.1) is 0 Å². The minimum atomic E-state index is -1.10. The molecule has 8 heteroatoms. The van der Waals surface area contributed by atoms with Gasteiger partial charge < -0.3 is 15.0 Å². The highest BCUT2D eigenvalue weighted by molar-refractivity contribution is 6.07. The number of hydrogen-bond donors (Lipinski definition) is 1. The monoisotopic (exact) mass is 395 g/mol. The van der Waals surface area contributed by atoms with Crippen molar-refractivity contribution in [2.45, 2.75) is 12.5 Å². The smallest absolute Gasteiger partial charge is 0.326 e. The Balaban J connectivity index is 1.42. The Bertz CT molecular complexity index is 898. The van der Waals surface area contributed by atoms with Crippen LogP contribution in [0.15, 0.2) is 48.7 Å². The number of anilines is 1. The number of nitrogens with one attached hydrogen (secondary N) is 1. The molecule has 3 heterocycles. The summed E-state index contributed by atoms with van der Waals surface area (Å²) in [4.78, 5) is 35.8. The number of nitrogens with zero attached hydrogens (tertiary/aromatic N) is 4. The van der Waals surface area contributed by atoms with Crippen molar-refractivity contribution in [1.29, 1.82) is 0 Å². The zero-order valence-electron chi connectivity index (χ0n) is 16.7. The molecular weight excluding hydrogens is 370 g/mol. The average molecular weight is 395 g/mol. The summed E-state index contributed by atoms with van der Waals surface area (Å²) in [7, 11) is 1.58. The molecule has 0 bridgehead atoms. The lowest BCUT2D eigenvalue weighted by atomic mass is 9.92. The van der Waals surface area contributed by atoms with Gasteiger partial charge in [-0.3, -0.25) is 9.69 Å². The van der Waals surface area contributed by atoms with Crippen LogP contribution in [0.4, 0.5) is 10.6 Å². The molecule has 2 aliphatic rings. The fourth-order valence-electron chi connectivity index (χ4n) is 3.81. The van der Waals surface area contributed by atoms with E-state index in [0.29, 0.717) is 11.3 Å². The Labute approximate surface area is 170 Å². The number of imide groups is 1. The van der Waals surface area contributed by atoms with Crippen LogP contribution in [0.25, 0.3) is 0 Å². The Morgan fingerprint density at radius 2 is 1.90 bits per heavy atom. The van der Waals surface area contributed by atoms with Gasteiger partial charge in [0.2, 0.25) is 0 Å². The Morgan fingerprint density at radius 3 is 2.59 bits per heavy atom. The van der Waals surface area contributed by atoms with Crippen molar-refractivity contribution in [3.63, 3.8) is 0 Å². The highest BCUT2D eigenvalue weighted by Gasteiger charge is 2.49. The van der Waals surface area contributed by atoms with Gasteiger partial charge in [-0.25, -0.2) is 14.7 Å². The molecule has 0 aliphatic carbocycles. The summed E-state index contributed by atoms with van der Waals surface area (Å²) in [5.74, 6) is 1.35. The molecule has 152 valence electrons. The highest BCUT2D eigenvalue weighted by Crippen LogP contribution is 2.31. The number of urea groups is 1. The molecule has 0 saturated carbocycles. The van der Waals surface area contributed by atoms with Crippen molar-refractivity contribution >= 4 is 17.8 Å². The number of carbonyl (C=O) groups is 2. The SMILES string of the molecule is COc1cccc([C@]2(C)NC(=O)N(CN3CCN(c4ccccn4)CC3)C2=O)c1. The highest BCUT2D eigenvalue weighted by atomic mass is 16.5. The van der Waals surface area contributed by atoms with Gasteiger partial charge in [-0.15, -0.1) is 0 Å². The number of carbonyl (C=O) groups excluding carboxylic acids is 2. The van der Waals surface area contributed by atoms with E-state index in [9.17, 15) is 9.59 Å². The number of rotatable bonds is 5. The summed E-state index contributed by atoms with van der Waals surface area (Å²) >= 11 is 0. The molecule has 29 heavy (non-hydrogen) atoms. The number of amides is 3. The van der Waals surface area contributed by atoms with E-state index in [1.54, 1.807) is 26.3 Å². The van der Waals surface area contributed by atoms with Crippen LogP contribution in [0.3, 0.4) is 0 Å². The Kier molecular flexibility index (Phi) is 5.10. The predicted molar refractivity (Wildman–Crippen MR) is 109 cm³/mol. The van der Waals surface area contributed by atoms with Crippen LogP contribution in [-0.4, -0.2) is 66.7 Å². The van der Waals surface area contributed by atoms with Crippen LogP contribution in [-0.2, 0) is 10.3 Å². The van der Waals surface area contributed by atoms with E-state index in [-0.39, 0.29) is 18.6 Å². The van der Waals surface area contributed by atoms with E-state index in [1.807, 2.05) is 36.4 Å². The molecule has 8 nitrogen and oxygen atoms in total. The molecule has 2 aliphatic heterocycles. The maximum Gasteiger partial charge on any atom is 0.326 e. The van der Waals surface area contributed by atoms with Crippen molar-refractivity contribution in [1.82, 2.24) is 20.1 Å². The molecule has 1 aromatic heterocycles. The van der Waals surface area contributed by atoms with E-state index in [0.717, 1.165) is 32.0 Å². The van der Waals surface area contributed by atoms with Crippen LogP contribution in [0.5, 0.6) is 5.75 Å². The largest absolute Gasteiger partial charge is 0.497 e. The van der Waals surface area contributed by atoms with E-state index < -0.39 is 5.54 Å². The normalized spacial score (nSPS) is 22.7. The summed E-state index contributed by atoms with van der Waals surface area (Å²) in [5.41, 5.74) is -0.390. The molecule has 0 unspecified atom stereocenters. The van der Waals surface area contributed by atoms with Crippen molar-refractivity contribution < 1.29 is 14.3 Å². The molecular formula is C21H25N5O3. The molecule has 2 fully saturated rings. The van der Waals surface area contributed by atoms with Gasteiger partial charge in [-0.2, -0.15) is 0 Å². The van der Waals surface area contributed by atoms with Gasteiger partial charge in [0.15, 0.2) is 0 Å². The summed E-state index contributed by atoms with van der Waals surface area (Å²) < 4.78 is 5.26. The van der Waals surface area contributed by atoms with E-state index in [2.05, 4.69) is 20.1 Å². The number of benzene rings is 1. The number of methoxy groups -OCH3 is 1. The molecule has 1 atom stereocenters. The quantitative estimate of drug-likeness (QED) is 0.776. The minimum Gasteiger partial charge on any atom is -0.497 e. The lowest BCUT2D eigenvalue weighted by Crippen LogP contribution is -2.51. The molecule has 4 rings (SSSR count). The molecule has 1 aromatic carbocycles. The van der Waals surface area contributed by atoms with Gasteiger partial charge in [-0.05, 0) is 36.8 Å². The molecule has 0 spiro atoms. The third kappa shape index (κ3) is 3.63. The first kappa shape index (κ1) is 19.2. The summed E-state index contributed by atoms with van der Waals surface area (Å²) in [6.07, 6.45) is 1.79. The standard InChI is InChI=1S/C21H25N5O3/c1-21(16-6-5-7-17(14-16)29-2)19(27)26(20(28)23-21)15-24-10-12-25(13-11-24)18-8-3-4-9-22-18/h3-9,14H,10-13,15H2,1-2H3,(H,23,28)/t21-/m0/s1. The van der Waals surface area contributed by atoms with E-state index in [1.165, 1.54) is 4.90 Å². The third-order valence-electron chi connectivity index (χ3n) is 5.61. The lowest BCUT2D eigenvalue weighted by Gasteiger charge is -2.36. The van der Waals surface area contributed by atoms with Gasteiger partial charge in [-0.1, -0.05) is 18.2 Å². The second-order valence-electron chi connectivity index (χ2n) is 7.45. The first-order valence-electron chi connectivity index (χ1n) is 9.68. The Hall–Kier alpha value is -3.13. The zero-order chi connectivity index (χ0) is 20.4. The molecule has 2 saturated heterocycles. The fraction of sp³-hybridized carbons (Fsp3) is 0.381. The summed E-state index contributed by atoms with van der Waals surface area (Å²) in [6.45, 7) is 5.12. The summed E-state index contributed by atoms with van der Waals surface area (Å²) in [6, 6.07) is 12.7. The predicted octanol–water partition coefficient (Wildman–Crippen LogP) is 1.64. The minimum absolute atomic E-state index is 0.247. The van der Waals surface area contributed by atoms with Crippen molar-refractivity contribution in [2.24, 2.45) is 0 Å². The van der Waals surface area contributed by atoms with Crippen LogP contribution in [0.2, 0.25) is 0 Å². The second-order valence-corrected chi connectivity index (χ2v) is 7.45. The van der Waals surface area contributed by atoms with E-state index in [4.69, 9.17) is 4.74 Å². The first-order chi connectivity index (χ1) is 14.0. The fourth-order valence-corrected chi connectivity index (χ4v) is 3.81. The number of pyridine rings is 1. The molecule has 1 N–H and O–H groups in total. The van der Waals surface area contributed by atoms with Crippen molar-refractivity contribution in [2.75, 3.05) is 44.9 Å². The molecule has 3 amide bonds. The maximum atomic E-state index is 13.2. The number of piperazine rings is 1. The number of hydrogen-bond acceptors (Lipinski definition) is 6. The van der Waals surface area contributed by atoms with Crippen LogP contribution >= 0.6 is 0 Å². The van der Waals surface area contributed by atoms with Gasteiger partial charge in [0.05, 0.1) is 13.8 Å². The van der Waals surface area contributed by atoms with Gasteiger partial charge >= 0.3 is 6.03 Å². The number of aromatic nitrogens is 1. The lowest BCUT2D eigenvalue weighted by molar-refractivity contribution is -0.132. The molecule has 0 radical (unpaired) electrons. The zero-order valence-corrected chi connectivity index (χ0v) is 16.7. The first-order valence-corrected chi connectivity index (χ1v) is 9.68. The van der Waals surface area contributed by atoms with Gasteiger partial charge in [0.25, 0.3) is 5.91 Å². The van der Waals surface area contributed by atoms with E-state index >= 15 is 0 Å². The molecule has 2 aromatic rings. The second kappa shape index (κ2) is 7.71. The summed E-state index contributed by atoms with van der Waals surface area (Å²) in [5, 5.41) is 2.86. The van der Waals surface area contributed by atoms with Crippen molar-refractivity contribution in [3.05, 3.63) is 54.2 Å². The van der Waals surface area contributed by atoms with Crippen LogP contribution in [0.1, 0.15) is 12.5 Å². The maximum absolute atomic E-state index is 13.2. The van der Waals surface area contributed by atoms with Crippen LogP contribution < -0.4 is 15.0 Å².